The second-order valence-corrected chi connectivity index (χ2v) is 4.84. The molecule has 1 aliphatic heterocycles. The Labute approximate surface area is 109 Å². The Bertz CT molecular complexity index is 395. The Morgan fingerprint density at radius 3 is 2.76 bits per heavy atom. The standard InChI is InChI=1S/C11H16BrN3O2/c1-16-6-8-9(12)10(13)15-11(14-8)7-2-4-17-5-3-7/h7H,2-6H2,1H3,(H2,13,14,15). The van der Waals surface area contributed by atoms with Gasteiger partial charge in [-0.05, 0) is 28.8 Å². The Balaban J connectivity index is 2.27. The third kappa shape index (κ3) is 2.94. The molecule has 0 bridgehead atoms. The van der Waals surface area contributed by atoms with Gasteiger partial charge in [0, 0.05) is 26.2 Å². The molecule has 2 heterocycles. The van der Waals surface area contributed by atoms with Crippen molar-refractivity contribution in [3.8, 4) is 0 Å². The van der Waals surface area contributed by atoms with E-state index in [1.807, 2.05) is 0 Å². The third-order valence-corrected chi connectivity index (χ3v) is 3.69. The van der Waals surface area contributed by atoms with Gasteiger partial charge in [0.1, 0.15) is 11.6 Å². The molecule has 0 unspecified atom stereocenters. The number of halogens is 1. The average Bonchev–Trinajstić information content (AvgIpc) is 2.36. The van der Waals surface area contributed by atoms with Gasteiger partial charge < -0.3 is 15.2 Å². The van der Waals surface area contributed by atoms with E-state index in [0.717, 1.165) is 42.0 Å². The number of rotatable bonds is 3. The van der Waals surface area contributed by atoms with Crippen LogP contribution < -0.4 is 5.73 Å². The molecule has 2 N–H and O–H groups in total. The molecule has 1 fully saturated rings. The van der Waals surface area contributed by atoms with E-state index in [4.69, 9.17) is 15.2 Å². The fourth-order valence-electron chi connectivity index (χ4n) is 1.90. The third-order valence-electron chi connectivity index (χ3n) is 2.83. The molecule has 6 heteroatoms. The molecule has 0 radical (unpaired) electrons. The lowest BCUT2D eigenvalue weighted by atomic mass is 9.99. The summed E-state index contributed by atoms with van der Waals surface area (Å²) < 4.78 is 11.2. The van der Waals surface area contributed by atoms with E-state index in [2.05, 4.69) is 25.9 Å². The molecule has 0 spiro atoms. The van der Waals surface area contributed by atoms with Crippen molar-refractivity contribution in [3.05, 3.63) is 16.0 Å². The Morgan fingerprint density at radius 2 is 2.12 bits per heavy atom. The molecular weight excluding hydrogens is 286 g/mol. The number of methoxy groups -OCH3 is 1. The van der Waals surface area contributed by atoms with Crippen molar-refractivity contribution in [2.45, 2.75) is 25.4 Å². The molecule has 17 heavy (non-hydrogen) atoms. The van der Waals surface area contributed by atoms with Crippen LogP contribution in [0.15, 0.2) is 4.47 Å². The Morgan fingerprint density at radius 1 is 1.41 bits per heavy atom. The van der Waals surface area contributed by atoms with Crippen LogP contribution in [0.2, 0.25) is 0 Å². The monoisotopic (exact) mass is 301 g/mol. The van der Waals surface area contributed by atoms with Gasteiger partial charge in [-0.25, -0.2) is 9.97 Å². The summed E-state index contributed by atoms with van der Waals surface area (Å²) in [5.41, 5.74) is 6.68. The highest BCUT2D eigenvalue weighted by Crippen LogP contribution is 2.28. The number of nitrogen functional groups attached to an aromatic ring is 1. The first kappa shape index (κ1) is 12.7. The lowest BCUT2D eigenvalue weighted by Crippen LogP contribution is -2.18. The lowest BCUT2D eigenvalue weighted by molar-refractivity contribution is 0.0834. The van der Waals surface area contributed by atoms with Crippen molar-refractivity contribution >= 4 is 21.7 Å². The normalized spacial score (nSPS) is 17.3. The van der Waals surface area contributed by atoms with E-state index in [-0.39, 0.29) is 0 Å². The van der Waals surface area contributed by atoms with E-state index in [1.54, 1.807) is 7.11 Å². The molecule has 0 atom stereocenters. The van der Waals surface area contributed by atoms with Gasteiger partial charge in [0.25, 0.3) is 0 Å². The van der Waals surface area contributed by atoms with Gasteiger partial charge in [-0.2, -0.15) is 0 Å². The quantitative estimate of drug-likeness (QED) is 0.923. The van der Waals surface area contributed by atoms with Crippen LogP contribution in [0.4, 0.5) is 5.82 Å². The van der Waals surface area contributed by atoms with Crippen molar-refractivity contribution in [1.82, 2.24) is 9.97 Å². The number of anilines is 1. The summed E-state index contributed by atoms with van der Waals surface area (Å²) >= 11 is 3.38. The number of hydrogen-bond donors (Lipinski definition) is 1. The van der Waals surface area contributed by atoms with E-state index in [1.165, 1.54) is 0 Å². The van der Waals surface area contributed by atoms with Gasteiger partial charge in [0.2, 0.25) is 0 Å². The number of nitrogens with zero attached hydrogens (tertiary/aromatic N) is 2. The minimum atomic E-state index is 0.342. The predicted octanol–water partition coefficient (Wildman–Crippen LogP) is 1.86. The van der Waals surface area contributed by atoms with Crippen LogP contribution in [-0.2, 0) is 16.1 Å². The molecule has 94 valence electrons. The molecule has 5 nitrogen and oxygen atoms in total. The summed E-state index contributed by atoms with van der Waals surface area (Å²) in [6.45, 7) is 1.97. The maximum atomic E-state index is 5.87. The van der Waals surface area contributed by atoms with Crippen LogP contribution in [0, 0.1) is 0 Å². The number of nitrogens with two attached hydrogens (primary N) is 1. The van der Waals surface area contributed by atoms with Gasteiger partial charge in [-0.15, -0.1) is 0 Å². The van der Waals surface area contributed by atoms with E-state index in [9.17, 15) is 0 Å². The van der Waals surface area contributed by atoms with Gasteiger partial charge in [0.15, 0.2) is 0 Å². The maximum Gasteiger partial charge on any atom is 0.141 e. The number of ether oxygens (including phenoxy) is 2. The first-order chi connectivity index (χ1) is 8.22. The predicted molar refractivity (Wildman–Crippen MR) is 67.7 cm³/mol. The topological polar surface area (TPSA) is 70.3 Å². The van der Waals surface area contributed by atoms with E-state index < -0.39 is 0 Å². The minimum Gasteiger partial charge on any atom is -0.383 e. The van der Waals surface area contributed by atoms with Crippen LogP contribution in [0.5, 0.6) is 0 Å². The Hall–Kier alpha value is -0.720. The zero-order valence-electron chi connectivity index (χ0n) is 9.78. The summed E-state index contributed by atoms with van der Waals surface area (Å²) in [4.78, 5) is 8.88. The average molecular weight is 302 g/mol. The lowest BCUT2D eigenvalue weighted by Gasteiger charge is -2.21. The van der Waals surface area contributed by atoms with E-state index in [0.29, 0.717) is 18.3 Å². The smallest absolute Gasteiger partial charge is 0.141 e. The van der Waals surface area contributed by atoms with Crippen molar-refractivity contribution in [2.75, 3.05) is 26.1 Å². The van der Waals surface area contributed by atoms with Crippen LogP contribution in [-0.4, -0.2) is 30.3 Å². The minimum absolute atomic E-state index is 0.342. The van der Waals surface area contributed by atoms with Crippen LogP contribution in [0.1, 0.15) is 30.3 Å². The fourth-order valence-corrected chi connectivity index (χ4v) is 2.20. The van der Waals surface area contributed by atoms with Crippen LogP contribution in [0.25, 0.3) is 0 Å². The number of hydrogen-bond acceptors (Lipinski definition) is 5. The molecule has 0 aliphatic carbocycles. The summed E-state index contributed by atoms with van der Waals surface area (Å²) in [7, 11) is 1.64. The molecule has 0 amide bonds. The molecule has 1 aliphatic rings. The molecular formula is C11H16BrN3O2. The van der Waals surface area contributed by atoms with Crippen LogP contribution in [0.3, 0.4) is 0 Å². The fraction of sp³-hybridized carbons (Fsp3) is 0.636. The van der Waals surface area contributed by atoms with Gasteiger partial charge in [-0.3, -0.25) is 0 Å². The largest absolute Gasteiger partial charge is 0.383 e. The summed E-state index contributed by atoms with van der Waals surface area (Å²) in [6.07, 6.45) is 1.90. The van der Waals surface area contributed by atoms with Gasteiger partial charge in [-0.1, -0.05) is 0 Å². The molecule has 1 aromatic heterocycles. The van der Waals surface area contributed by atoms with Gasteiger partial charge >= 0.3 is 0 Å². The second-order valence-electron chi connectivity index (χ2n) is 4.05. The SMILES string of the molecule is COCc1nc(C2CCOCC2)nc(N)c1Br. The summed E-state index contributed by atoms with van der Waals surface area (Å²) in [5.74, 6) is 1.63. The number of aromatic nitrogens is 2. The van der Waals surface area contributed by atoms with Crippen molar-refractivity contribution < 1.29 is 9.47 Å². The zero-order valence-corrected chi connectivity index (χ0v) is 11.4. The molecule has 2 rings (SSSR count). The second kappa shape index (κ2) is 5.75. The van der Waals surface area contributed by atoms with Crippen molar-refractivity contribution in [1.29, 1.82) is 0 Å². The van der Waals surface area contributed by atoms with Gasteiger partial charge in [0.05, 0.1) is 16.8 Å². The highest BCUT2D eigenvalue weighted by Gasteiger charge is 2.21. The van der Waals surface area contributed by atoms with E-state index >= 15 is 0 Å². The molecule has 0 saturated carbocycles. The highest BCUT2D eigenvalue weighted by molar-refractivity contribution is 9.10. The first-order valence-corrected chi connectivity index (χ1v) is 6.40. The summed E-state index contributed by atoms with van der Waals surface area (Å²) in [6, 6.07) is 0. The van der Waals surface area contributed by atoms with Crippen molar-refractivity contribution in [2.24, 2.45) is 0 Å². The highest BCUT2D eigenvalue weighted by atomic mass is 79.9. The maximum absolute atomic E-state index is 5.87. The molecule has 1 aromatic rings. The van der Waals surface area contributed by atoms with Crippen LogP contribution >= 0.6 is 15.9 Å². The zero-order chi connectivity index (χ0) is 12.3. The first-order valence-electron chi connectivity index (χ1n) is 5.61. The van der Waals surface area contributed by atoms with Crippen molar-refractivity contribution in [3.63, 3.8) is 0 Å². The molecule has 0 aromatic carbocycles. The molecule has 1 saturated heterocycles. The summed E-state index contributed by atoms with van der Waals surface area (Å²) in [5, 5.41) is 0. The Kier molecular flexibility index (Phi) is 4.31.